The zero-order valence-corrected chi connectivity index (χ0v) is 12.8. The monoisotopic (exact) mass is 254 g/mol. The van der Waals surface area contributed by atoms with Gasteiger partial charge in [-0.3, -0.25) is 0 Å². The van der Waals surface area contributed by atoms with E-state index in [1.165, 1.54) is 41.7 Å². The molecular formula is C19H26. The molecule has 0 saturated heterocycles. The van der Waals surface area contributed by atoms with E-state index >= 15 is 0 Å². The standard InChI is InChI=1S/C19H26/c1-13-8-10-16(11-9-13)19(4)12-18-14(2)6-5-7-17(18)15(19)3/h5-7,12-13,16H,8-11H2,1-4H3. The molecule has 0 bridgehead atoms. The molecule has 0 heteroatoms. The average molecular weight is 254 g/mol. The van der Waals surface area contributed by atoms with E-state index in [0.29, 0.717) is 5.41 Å². The molecule has 0 aromatic heterocycles. The quantitative estimate of drug-likeness (QED) is 0.715. The highest BCUT2D eigenvalue weighted by Crippen LogP contribution is 2.47. The number of fused-ring (bicyclic) bond motifs is 1. The predicted octanol–water partition coefficient (Wildman–Crippen LogP) is 3.79. The van der Waals surface area contributed by atoms with Gasteiger partial charge in [0.1, 0.15) is 0 Å². The van der Waals surface area contributed by atoms with E-state index in [2.05, 4.69) is 52.0 Å². The fourth-order valence-electron chi connectivity index (χ4n) is 4.18. The molecule has 0 spiro atoms. The summed E-state index contributed by atoms with van der Waals surface area (Å²) in [5.74, 6) is 1.78. The summed E-state index contributed by atoms with van der Waals surface area (Å²) in [6.07, 6.45) is 8.21. The van der Waals surface area contributed by atoms with Crippen LogP contribution in [0.15, 0.2) is 18.2 Å². The van der Waals surface area contributed by atoms with E-state index in [0.717, 1.165) is 11.8 Å². The van der Waals surface area contributed by atoms with E-state index in [9.17, 15) is 0 Å². The van der Waals surface area contributed by atoms with Gasteiger partial charge in [0.05, 0.1) is 0 Å². The molecule has 0 amide bonds. The van der Waals surface area contributed by atoms with E-state index < -0.39 is 0 Å². The third kappa shape index (κ3) is 1.96. The molecule has 2 aliphatic rings. The summed E-state index contributed by atoms with van der Waals surface area (Å²) < 4.78 is 0. The van der Waals surface area contributed by atoms with Gasteiger partial charge in [0.15, 0.2) is 0 Å². The Morgan fingerprint density at radius 1 is 1.05 bits per heavy atom. The lowest BCUT2D eigenvalue weighted by Crippen LogP contribution is -2.29. The van der Waals surface area contributed by atoms with Crippen LogP contribution in [0, 0.1) is 24.2 Å². The summed E-state index contributed by atoms with van der Waals surface area (Å²) in [6, 6.07) is 6.77. The largest absolute Gasteiger partial charge is 0.0661 e. The van der Waals surface area contributed by atoms with Crippen LogP contribution in [0.25, 0.3) is 11.6 Å². The molecule has 19 heavy (non-hydrogen) atoms. The molecular weight excluding hydrogens is 228 g/mol. The van der Waals surface area contributed by atoms with Crippen LogP contribution in [-0.4, -0.2) is 0 Å². The summed E-state index contributed by atoms with van der Waals surface area (Å²) >= 11 is 0. The fourth-order valence-corrected chi connectivity index (χ4v) is 4.18. The van der Waals surface area contributed by atoms with Gasteiger partial charge in [0.2, 0.25) is 0 Å². The van der Waals surface area contributed by atoms with Crippen LogP contribution in [0.1, 0.15) is 52.0 Å². The molecule has 3 rings (SSSR count). The van der Waals surface area contributed by atoms with Crippen molar-refractivity contribution in [1.82, 2.24) is 0 Å². The first-order chi connectivity index (χ1) is 9.02. The molecule has 102 valence electrons. The summed E-state index contributed by atoms with van der Waals surface area (Å²) in [6.45, 7) is 9.49. The SMILES string of the molecule is CC1=c2cccc(C)c2=CC1(C)C1CCC(C)CC1. The second-order valence-electron chi connectivity index (χ2n) is 7.04. The van der Waals surface area contributed by atoms with Crippen LogP contribution in [0.2, 0.25) is 0 Å². The van der Waals surface area contributed by atoms with Crippen LogP contribution < -0.4 is 10.4 Å². The molecule has 1 atom stereocenters. The lowest BCUT2D eigenvalue weighted by molar-refractivity contribution is 0.220. The van der Waals surface area contributed by atoms with Crippen LogP contribution in [0.3, 0.4) is 0 Å². The molecule has 2 aliphatic carbocycles. The van der Waals surface area contributed by atoms with E-state index in [-0.39, 0.29) is 0 Å². The van der Waals surface area contributed by atoms with Gasteiger partial charge in [0, 0.05) is 5.41 Å². The van der Waals surface area contributed by atoms with Crippen molar-refractivity contribution in [2.75, 3.05) is 0 Å². The average Bonchev–Trinajstić information content (AvgIpc) is 2.66. The van der Waals surface area contributed by atoms with Gasteiger partial charge in [-0.25, -0.2) is 0 Å². The fraction of sp³-hybridized carbons (Fsp3) is 0.579. The Balaban J connectivity index is 2.06. The smallest absolute Gasteiger partial charge is 0.0106 e. The predicted molar refractivity (Wildman–Crippen MR) is 83.2 cm³/mol. The van der Waals surface area contributed by atoms with Crippen molar-refractivity contribution in [3.05, 3.63) is 34.2 Å². The van der Waals surface area contributed by atoms with Gasteiger partial charge in [-0.1, -0.05) is 56.5 Å². The second-order valence-corrected chi connectivity index (χ2v) is 7.04. The number of hydrogen-bond acceptors (Lipinski definition) is 0. The number of rotatable bonds is 1. The highest BCUT2D eigenvalue weighted by atomic mass is 14.4. The van der Waals surface area contributed by atoms with Crippen molar-refractivity contribution in [1.29, 1.82) is 0 Å². The van der Waals surface area contributed by atoms with Gasteiger partial charge in [-0.2, -0.15) is 0 Å². The number of aryl methyl sites for hydroxylation is 1. The van der Waals surface area contributed by atoms with Crippen LogP contribution in [0.5, 0.6) is 0 Å². The molecule has 1 aromatic carbocycles. The Bertz CT molecular complexity index is 599. The molecule has 1 aromatic rings. The van der Waals surface area contributed by atoms with Crippen molar-refractivity contribution in [2.45, 2.75) is 53.4 Å². The van der Waals surface area contributed by atoms with E-state index in [1.807, 2.05) is 0 Å². The molecule has 0 nitrogen and oxygen atoms in total. The Kier molecular flexibility index (Phi) is 3.08. The molecule has 0 aliphatic heterocycles. The van der Waals surface area contributed by atoms with Crippen LogP contribution >= 0.6 is 0 Å². The zero-order valence-electron chi connectivity index (χ0n) is 12.8. The van der Waals surface area contributed by atoms with Gasteiger partial charge in [-0.15, -0.1) is 0 Å². The van der Waals surface area contributed by atoms with Gasteiger partial charge < -0.3 is 0 Å². The third-order valence-electron chi connectivity index (χ3n) is 5.84. The molecule has 0 heterocycles. The van der Waals surface area contributed by atoms with Crippen molar-refractivity contribution in [3.63, 3.8) is 0 Å². The van der Waals surface area contributed by atoms with Crippen LogP contribution in [0.4, 0.5) is 0 Å². The van der Waals surface area contributed by atoms with Gasteiger partial charge in [0.25, 0.3) is 0 Å². The van der Waals surface area contributed by atoms with Crippen molar-refractivity contribution in [2.24, 2.45) is 17.3 Å². The number of hydrogen-bond donors (Lipinski definition) is 0. The number of benzene rings is 1. The normalized spacial score (nSPS) is 34.0. The summed E-state index contributed by atoms with van der Waals surface area (Å²) in [4.78, 5) is 0. The summed E-state index contributed by atoms with van der Waals surface area (Å²) in [5.41, 5.74) is 3.34. The zero-order chi connectivity index (χ0) is 13.6. The Labute approximate surface area is 117 Å². The van der Waals surface area contributed by atoms with Gasteiger partial charge in [-0.05, 0) is 54.5 Å². The van der Waals surface area contributed by atoms with E-state index in [4.69, 9.17) is 0 Å². The molecule has 1 saturated carbocycles. The minimum atomic E-state index is 0.300. The minimum absolute atomic E-state index is 0.300. The highest BCUT2D eigenvalue weighted by molar-refractivity contribution is 5.67. The first-order valence-electron chi connectivity index (χ1n) is 7.82. The molecule has 0 N–H and O–H groups in total. The van der Waals surface area contributed by atoms with E-state index in [1.54, 1.807) is 5.57 Å². The molecule has 0 radical (unpaired) electrons. The Hall–Kier alpha value is -1.04. The second kappa shape index (κ2) is 4.51. The lowest BCUT2D eigenvalue weighted by Gasteiger charge is -2.39. The topological polar surface area (TPSA) is 0 Å². The van der Waals surface area contributed by atoms with Gasteiger partial charge >= 0.3 is 0 Å². The first-order valence-corrected chi connectivity index (χ1v) is 7.82. The third-order valence-corrected chi connectivity index (χ3v) is 5.84. The maximum atomic E-state index is 2.58. The van der Waals surface area contributed by atoms with Crippen molar-refractivity contribution in [3.8, 4) is 0 Å². The summed E-state index contributed by atoms with van der Waals surface area (Å²) in [5, 5.41) is 3.00. The maximum absolute atomic E-state index is 2.58. The Morgan fingerprint density at radius 3 is 2.37 bits per heavy atom. The highest BCUT2D eigenvalue weighted by Gasteiger charge is 2.38. The lowest BCUT2D eigenvalue weighted by atomic mass is 9.66. The maximum Gasteiger partial charge on any atom is 0.0106 e. The van der Waals surface area contributed by atoms with Crippen LogP contribution in [-0.2, 0) is 0 Å². The molecule has 1 unspecified atom stereocenters. The summed E-state index contributed by atoms with van der Waals surface area (Å²) in [7, 11) is 0. The minimum Gasteiger partial charge on any atom is -0.0661 e. The first kappa shape index (κ1) is 13.0. The Morgan fingerprint density at radius 2 is 1.74 bits per heavy atom. The van der Waals surface area contributed by atoms with Crippen molar-refractivity contribution >= 4 is 11.6 Å². The molecule has 1 fully saturated rings. The van der Waals surface area contributed by atoms with Crippen molar-refractivity contribution < 1.29 is 0 Å².